The minimum absolute atomic E-state index is 0.122. The Kier molecular flexibility index (Phi) is 4.56. The van der Waals surface area contributed by atoms with E-state index in [9.17, 15) is 4.79 Å². The van der Waals surface area contributed by atoms with Gasteiger partial charge in [-0.1, -0.05) is 29.3 Å². The van der Waals surface area contributed by atoms with Crippen molar-refractivity contribution in [3.8, 4) is 11.5 Å². The third-order valence-corrected chi connectivity index (χ3v) is 4.64. The summed E-state index contributed by atoms with van der Waals surface area (Å²) in [5.41, 5.74) is 3.94. The lowest BCUT2D eigenvalue weighted by Crippen LogP contribution is -2.13. The van der Waals surface area contributed by atoms with Gasteiger partial charge in [-0.3, -0.25) is 4.79 Å². The van der Waals surface area contributed by atoms with Crippen molar-refractivity contribution in [2.24, 2.45) is 0 Å². The summed E-state index contributed by atoms with van der Waals surface area (Å²) in [5, 5.41) is 3.27. The fraction of sp³-hybridized carbons (Fsp3) is 0.0500. The number of benzene rings is 2. The Balaban J connectivity index is 1.68. The summed E-state index contributed by atoms with van der Waals surface area (Å²) in [4.78, 5) is 20.9. The highest BCUT2D eigenvalue weighted by Gasteiger charge is 2.15. The van der Waals surface area contributed by atoms with Crippen molar-refractivity contribution in [2.45, 2.75) is 6.92 Å². The molecule has 0 fully saturated rings. The summed E-state index contributed by atoms with van der Waals surface area (Å²) in [7, 11) is 0. The van der Waals surface area contributed by atoms with Crippen molar-refractivity contribution >= 4 is 45.9 Å². The summed E-state index contributed by atoms with van der Waals surface area (Å²) in [6.07, 6.45) is 1.52. The molecule has 134 valence electrons. The van der Waals surface area contributed by atoms with E-state index in [2.05, 4.69) is 15.3 Å². The van der Waals surface area contributed by atoms with E-state index < -0.39 is 5.91 Å². The molecule has 0 atom stereocenters. The molecule has 4 aromatic rings. The molecule has 2 heterocycles. The van der Waals surface area contributed by atoms with Crippen LogP contribution in [0.4, 0.5) is 5.69 Å². The molecular formula is C20H13Cl2N3O2. The van der Waals surface area contributed by atoms with E-state index >= 15 is 0 Å². The fourth-order valence-corrected chi connectivity index (χ4v) is 3.02. The molecule has 2 aromatic carbocycles. The van der Waals surface area contributed by atoms with Gasteiger partial charge in [-0.25, -0.2) is 9.97 Å². The van der Waals surface area contributed by atoms with Crippen LogP contribution in [0.2, 0.25) is 10.2 Å². The van der Waals surface area contributed by atoms with Crippen LogP contribution in [0.5, 0.6) is 0 Å². The number of oxazole rings is 1. The normalized spacial score (nSPS) is 10.9. The number of nitrogens with zero attached hydrogens (tertiary/aromatic N) is 2. The predicted molar refractivity (Wildman–Crippen MR) is 106 cm³/mol. The fourth-order valence-electron chi connectivity index (χ4n) is 2.65. The predicted octanol–water partition coefficient (Wildman–Crippen LogP) is 5.76. The number of halogens is 2. The third-order valence-electron chi connectivity index (χ3n) is 4.01. The van der Waals surface area contributed by atoms with E-state index in [-0.39, 0.29) is 10.7 Å². The Morgan fingerprint density at radius 2 is 1.96 bits per heavy atom. The topological polar surface area (TPSA) is 68.0 Å². The number of pyridine rings is 1. The van der Waals surface area contributed by atoms with Gasteiger partial charge in [-0.05, 0) is 55.0 Å². The molecule has 0 radical (unpaired) electrons. The molecule has 0 aliphatic heterocycles. The van der Waals surface area contributed by atoms with Gasteiger partial charge in [0.2, 0.25) is 5.89 Å². The van der Waals surface area contributed by atoms with Crippen LogP contribution in [0.3, 0.4) is 0 Å². The van der Waals surface area contributed by atoms with Gasteiger partial charge in [0.1, 0.15) is 10.7 Å². The molecule has 4 rings (SSSR count). The maximum Gasteiger partial charge on any atom is 0.258 e. The van der Waals surface area contributed by atoms with E-state index in [4.69, 9.17) is 27.6 Å². The summed E-state index contributed by atoms with van der Waals surface area (Å²) < 4.78 is 5.84. The van der Waals surface area contributed by atoms with E-state index in [0.717, 1.165) is 11.1 Å². The zero-order valence-corrected chi connectivity index (χ0v) is 15.7. The molecule has 1 amide bonds. The number of carbonyl (C=O) groups excluding carboxylic acids is 1. The van der Waals surface area contributed by atoms with E-state index in [0.29, 0.717) is 27.7 Å². The highest BCUT2D eigenvalue weighted by atomic mass is 35.5. The quantitative estimate of drug-likeness (QED) is 0.446. The molecule has 1 N–H and O–H groups in total. The second kappa shape index (κ2) is 7.02. The van der Waals surface area contributed by atoms with Crippen LogP contribution in [-0.2, 0) is 0 Å². The largest absolute Gasteiger partial charge is 0.436 e. The summed E-state index contributed by atoms with van der Waals surface area (Å²) in [6.45, 7) is 1.99. The van der Waals surface area contributed by atoms with Crippen LogP contribution in [0.1, 0.15) is 15.9 Å². The van der Waals surface area contributed by atoms with Crippen molar-refractivity contribution in [1.82, 2.24) is 9.97 Å². The Morgan fingerprint density at radius 3 is 2.78 bits per heavy atom. The standard InChI is InChI=1S/C20H13Cl2N3O2/c1-11-4-7-15-17(9-11)27-20(25-15)12-5-6-14(21)16(10-12)24-19(26)13-3-2-8-23-18(13)22/h2-10H,1H3,(H,24,26). The van der Waals surface area contributed by atoms with Crippen molar-refractivity contribution in [3.63, 3.8) is 0 Å². The monoisotopic (exact) mass is 397 g/mol. The number of hydrogen-bond acceptors (Lipinski definition) is 4. The van der Waals surface area contributed by atoms with Crippen molar-refractivity contribution in [1.29, 1.82) is 0 Å². The van der Waals surface area contributed by atoms with Gasteiger partial charge in [0, 0.05) is 11.8 Å². The summed E-state index contributed by atoms with van der Waals surface area (Å²) >= 11 is 12.2. The molecule has 5 nitrogen and oxygen atoms in total. The second-order valence-corrected chi connectivity index (χ2v) is 6.75. The third kappa shape index (κ3) is 3.52. The second-order valence-electron chi connectivity index (χ2n) is 5.98. The minimum Gasteiger partial charge on any atom is -0.436 e. The molecular weight excluding hydrogens is 385 g/mol. The first-order chi connectivity index (χ1) is 13.0. The van der Waals surface area contributed by atoms with Gasteiger partial charge in [0.15, 0.2) is 5.58 Å². The number of aromatic nitrogens is 2. The lowest BCUT2D eigenvalue weighted by Gasteiger charge is -2.09. The minimum atomic E-state index is -0.402. The summed E-state index contributed by atoms with van der Waals surface area (Å²) in [5.74, 6) is 0.0440. The molecule has 7 heteroatoms. The zero-order chi connectivity index (χ0) is 19.0. The molecule has 0 saturated carbocycles. The number of aryl methyl sites for hydroxylation is 1. The number of rotatable bonds is 3. The SMILES string of the molecule is Cc1ccc2nc(-c3ccc(Cl)c(NC(=O)c4cccnc4Cl)c3)oc2c1. The van der Waals surface area contributed by atoms with Gasteiger partial charge in [-0.2, -0.15) is 0 Å². The van der Waals surface area contributed by atoms with Gasteiger partial charge in [0.25, 0.3) is 5.91 Å². The average molecular weight is 398 g/mol. The number of fused-ring (bicyclic) bond motifs is 1. The number of carbonyl (C=O) groups is 1. The molecule has 0 bridgehead atoms. The molecule has 27 heavy (non-hydrogen) atoms. The Hall–Kier alpha value is -2.89. The van der Waals surface area contributed by atoms with Crippen LogP contribution in [0.15, 0.2) is 59.1 Å². The zero-order valence-electron chi connectivity index (χ0n) is 14.2. The van der Waals surface area contributed by atoms with E-state index in [1.54, 1.807) is 30.3 Å². The summed E-state index contributed by atoms with van der Waals surface area (Å²) in [6, 6.07) is 14.2. The van der Waals surface area contributed by atoms with Crippen LogP contribution in [0.25, 0.3) is 22.6 Å². The van der Waals surface area contributed by atoms with Crippen molar-refractivity contribution in [3.05, 3.63) is 76.0 Å². The van der Waals surface area contributed by atoms with Gasteiger partial charge < -0.3 is 9.73 Å². The maximum absolute atomic E-state index is 12.5. The van der Waals surface area contributed by atoms with Crippen LogP contribution in [0, 0.1) is 6.92 Å². The number of amides is 1. The number of hydrogen-bond donors (Lipinski definition) is 1. The Morgan fingerprint density at radius 1 is 1.11 bits per heavy atom. The number of nitrogens with one attached hydrogen (secondary N) is 1. The average Bonchev–Trinajstić information content (AvgIpc) is 3.07. The lowest BCUT2D eigenvalue weighted by molar-refractivity contribution is 0.102. The van der Waals surface area contributed by atoms with Gasteiger partial charge in [-0.15, -0.1) is 0 Å². The van der Waals surface area contributed by atoms with Crippen molar-refractivity contribution in [2.75, 3.05) is 5.32 Å². The van der Waals surface area contributed by atoms with E-state index in [1.165, 1.54) is 6.20 Å². The smallest absolute Gasteiger partial charge is 0.258 e. The van der Waals surface area contributed by atoms with Gasteiger partial charge in [0.05, 0.1) is 16.3 Å². The lowest BCUT2D eigenvalue weighted by atomic mass is 10.2. The first kappa shape index (κ1) is 17.5. The van der Waals surface area contributed by atoms with Gasteiger partial charge >= 0.3 is 0 Å². The number of anilines is 1. The molecule has 2 aromatic heterocycles. The Bertz CT molecular complexity index is 1170. The Labute approximate surface area is 165 Å². The molecule has 0 aliphatic carbocycles. The molecule has 0 spiro atoms. The maximum atomic E-state index is 12.5. The van der Waals surface area contributed by atoms with Crippen LogP contribution in [-0.4, -0.2) is 15.9 Å². The van der Waals surface area contributed by atoms with E-state index in [1.807, 2.05) is 25.1 Å². The van der Waals surface area contributed by atoms with Crippen LogP contribution >= 0.6 is 23.2 Å². The first-order valence-electron chi connectivity index (χ1n) is 8.10. The molecule has 0 aliphatic rings. The highest BCUT2D eigenvalue weighted by Crippen LogP contribution is 2.31. The molecule has 0 saturated heterocycles. The van der Waals surface area contributed by atoms with Crippen LogP contribution < -0.4 is 5.32 Å². The highest BCUT2D eigenvalue weighted by molar-refractivity contribution is 6.35. The molecule has 0 unspecified atom stereocenters. The first-order valence-corrected chi connectivity index (χ1v) is 8.86. The van der Waals surface area contributed by atoms with Crippen molar-refractivity contribution < 1.29 is 9.21 Å².